The first-order valence-electron chi connectivity index (χ1n) is 7.29. The molecule has 0 bridgehead atoms. The highest BCUT2D eigenvalue weighted by molar-refractivity contribution is 6.06. The number of likely N-dealkylation sites (tertiary alicyclic amines) is 1. The van der Waals surface area contributed by atoms with Gasteiger partial charge in [0.05, 0.1) is 19.0 Å². The number of amides is 3. The molecule has 3 amide bonds. The summed E-state index contributed by atoms with van der Waals surface area (Å²) in [5.41, 5.74) is 0. The largest absolute Gasteiger partial charge is 0.345 e. The highest BCUT2D eigenvalue weighted by atomic mass is 16.2. The molecule has 0 aromatic rings. The molecular formula is C14H25N3O3. The Morgan fingerprint density at radius 1 is 1.35 bits per heavy atom. The maximum Gasteiger partial charge on any atom is 0.247 e. The van der Waals surface area contributed by atoms with Gasteiger partial charge in [0.25, 0.3) is 0 Å². The van der Waals surface area contributed by atoms with Crippen molar-refractivity contribution in [1.29, 1.82) is 0 Å². The Bertz CT molecular complexity index is 380. The zero-order valence-corrected chi connectivity index (χ0v) is 12.8. The topological polar surface area (TPSA) is 69.7 Å². The van der Waals surface area contributed by atoms with Crippen LogP contribution in [0.25, 0.3) is 0 Å². The Kier molecular flexibility index (Phi) is 6.13. The standard InChI is InChI=1S/C14H25N3O3/c1-5-10(6-2)17-12(18)8-11(14(17)20)15-9-13(19)16(4)7-3/h10-11,15H,5-9H2,1-4H3. The molecule has 6 nitrogen and oxygen atoms in total. The van der Waals surface area contributed by atoms with E-state index >= 15 is 0 Å². The minimum Gasteiger partial charge on any atom is -0.345 e. The van der Waals surface area contributed by atoms with E-state index in [1.54, 1.807) is 11.9 Å². The third-order valence-electron chi connectivity index (χ3n) is 3.89. The number of imide groups is 1. The molecule has 1 unspecified atom stereocenters. The molecule has 1 fully saturated rings. The summed E-state index contributed by atoms with van der Waals surface area (Å²) in [6.45, 7) is 6.53. The van der Waals surface area contributed by atoms with Crippen molar-refractivity contribution in [2.24, 2.45) is 0 Å². The summed E-state index contributed by atoms with van der Waals surface area (Å²) in [6.07, 6.45) is 1.68. The van der Waals surface area contributed by atoms with Crippen LogP contribution in [0.3, 0.4) is 0 Å². The molecule has 0 aliphatic carbocycles. The highest BCUT2D eigenvalue weighted by Crippen LogP contribution is 2.19. The van der Waals surface area contributed by atoms with Crippen molar-refractivity contribution in [3.8, 4) is 0 Å². The molecule has 0 aromatic carbocycles. The Morgan fingerprint density at radius 2 is 1.95 bits per heavy atom. The predicted octanol–water partition coefficient (Wildman–Crippen LogP) is 0.370. The van der Waals surface area contributed by atoms with Gasteiger partial charge in [-0.2, -0.15) is 0 Å². The van der Waals surface area contributed by atoms with Gasteiger partial charge in [-0.05, 0) is 19.8 Å². The Hall–Kier alpha value is -1.43. The first-order chi connectivity index (χ1) is 9.46. The quantitative estimate of drug-likeness (QED) is 0.685. The lowest BCUT2D eigenvalue weighted by molar-refractivity contribution is -0.141. The van der Waals surface area contributed by atoms with Crippen LogP contribution in [-0.2, 0) is 14.4 Å². The van der Waals surface area contributed by atoms with Crippen LogP contribution in [0.4, 0.5) is 0 Å². The van der Waals surface area contributed by atoms with Gasteiger partial charge >= 0.3 is 0 Å². The van der Waals surface area contributed by atoms with E-state index in [9.17, 15) is 14.4 Å². The van der Waals surface area contributed by atoms with Crippen LogP contribution < -0.4 is 5.32 Å². The molecule has 1 aliphatic heterocycles. The van der Waals surface area contributed by atoms with Crippen LogP contribution in [0.2, 0.25) is 0 Å². The van der Waals surface area contributed by atoms with Gasteiger partial charge in [-0.15, -0.1) is 0 Å². The van der Waals surface area contributed by atoms with Crippen molar-refractivity contribution in [2.45, 2.75) is 52.1 Å². The van der Waals surface area contributed by atoms with Gasteiger partial charge < -0.3 is 4.90 Å². The van der Waals surface area contributed by atoms with Crippen LogP contribution in [-0.4, -0.2) is 59.7 Å². The lowest BCUT2D eigenvalue weighted by Gasteiger charge is -2.24. The summed E-state index contributed by atoms with van der Waals surface area (Å²) >= 11 is 0. The minimum atomic E-state index is -0.558. The lowest BCUT2D eigenvalue weighted by atomic mass is 10.1. The Labute approximate surface area is 120 Å². The zero-order valence-electron chi connectivity index (χ0n) is 12.8. The summed E-state index contributed by atoms with van der Waals surface area (Å²) < 4.78 is 0. The Balaban J connectivity index is 2.60. The number of nitrogens with zero attached hydrogens (tertiary/aromatic N) is 2. The van der Waals surface area contributed by atoms with Crippen molar-refractivity contribution in [3.63, 3.8) is 0 Å². The molecule has 0 aromatic heterocycles. The SMILES string of the molecule is CCC(CC)N1C(=O)CC(NCC(=O)N(C)CC)C1=O. The predicted molar refractivity (Wildman–Crippen MR) is 75.9 cm³/mol. The molecule has 20 heavy (non-hydrogen) atoms. The zero-order chi connectivity index (χ0) is 15.3. The van der Waals surface area contributed by atoms with Crippen molar-refractivity contribution in [3.05, 3.63) is 0 Å². The molecule has 1 heterocycles. The van der Waals surface area contributed by atoms with E-state index in [0.29, 0.717) is 6.54 Å². The minimum absolute atomic E-state index is 0.0317. The number of hydrogen-bond acceptors (Lipinski definition) is 4. The monoisotopic (exact) mass is 283 g/mol. The molecule has 1 rings (SSSR count). The maximum atomic E-state index is 12.2. The van der Waals surface area contributed by atoms with Crippen molar-refractivity contribution in [2.75, 3.05) is 20.1 Å². The van der Waals surface area contributed by atoms with E-state index in [2.05, 4.69) is 5.32 Å². The Morgan fingerprint density at radius 3 is 2.45 bits per heavy atom. The summed E-state index contributed by atoms with van der Waals surface area (Å²) in [5, 5.41) is 2.91. The average molecular weight is 283 g/mol. The number of nitrogens with one attached hydrogen (secondary N) is 1. The first kappa shape index (κ1) is 16.6. The highest BCUT2D eigenvalue weighted by Gasteiger charge is 2.41. The van der Waals surface area contributed by atoms with Gasteiger partial charge in [-0.3, -0.25) is 24.6 Å². The van der Waals surface area contributed by atoms with Gasteiger partial charge in [0, 0.05) is 19.6 Å². The number of rotatable bonds is 7. The average Bonchev–Trinajstić information content (AvgIpc) is 2.73. The fourth-order valence-corrected chi connectivity index (χ4v) is 2.37. The van der Waals surface area contributed by atoms with Gasteiger partial charge in [-0.25, -0.2) is 0 Å². The van der Waals surface area contributed by atoms with E-state index in [1.807, 2.05) is 20.8 Å². The van der Waals surface area contributed by atoms with E-state index in [-0.39, 0.29) is 36.7 Å². The third-order valence-corrected chi connectivity index (χ3v) is 3.89. The second-order valence-electron chi connectivity index (χ2n) is 5.12. The van der Waals surface area contributed by atoms with Crippen molar-refractivity contribution in [1.82, 2.24) is 15.1 Å². The van der Waals surface area contributed by atoms with Crippen LogP contribution in [0, 0.1) is 0 Å². The van der Waals surface area contributed by atoms with E-state index in [0.717, 1.165) is 12.8 Å². The number of likely N-dealkylation sites (N-methyl/N-ethyl adjacent to an activating group) is 1. The molecule has 1 N–H and O–H groups in total. The van der Waals surface area contributed by atoms with Crippen LogP contribution in [0.5, 0.6) is 0 Å². The van der Waals surface area contributed by atoms with Gasteiger partial charge in [-0.1, -0.05) is 13.8 Å². The number of carbonyl (C=O) groups is 3. The van der Waals surface area contributed by atoms with E-state index in [4.69, 9.17) is 0 Å². The molecule has 0 spiro atoms. The molecule has 1 saturated heterocycles. The number of hydrogen-bond donors (Lipinski definition) is 1. The molecule has 1 atom stereocenters. The molecule has 6 heteroatoms. The molecular weight excluding hydrogens is 258 g/mol. The van der Waals surface area contributed by atoms with Crippen LogP contribution in [0.15, 0.2) is 0 Å². The second kappa shape index (κ2) is 7.38. The van der Waals surface area contributed by atoms with Crippen LogP contribution >= 0.6 is 0 Å². The summed E-state index contributed by atoms with van der Waals surface area (Å²) in [4.78, 5) is 38.8. The normalized spacial score (nSPS) is 19.1. The fraction of sp³-hybridized carbons (Fsp3) is 0.786. The lowest BCUT2D eigenvalue weighted by Crippen LogP contribution is -2.46. The molecule has 114 valence electrons. The summed E-state index contributed by atoms with van der Waals surface area (Å²) in [6, 6.07) is -0.590. The van der Waals surface area contributed by atoms with Gasteiger partial charge in [0.1, 0.15) is 0 Å². The maximum absolute atomic E-state index is 12.2. The molecule has 1 aliphatic rings. The van der Waals surface area contributed by atoms with Gasteiger partial charge in [0.2, 0.25) is 17.7 Å². The van der Waals surface area contributed by atoms with Crippen molar-refractivity contribution < 1.29 is 14.4 Å². The van der Waals surface area contributed by atoms with E-state index in [1.165, 1.54) is 4.90 Å². The first-order valence-corrected chi connectivity index (χ1v) is 7.29. The van der Waals surface area contributed by atoms with E-state index < -0.39 is 6.04 Å². The summed E-state index contributed by atoms with van der Waals surface area (Å²) in [7, 11) is 1.71. The second-order valence-corrected chi connectivity index (χ2v) is 5.12. The third kappa shape index (κ3) is 3.56. The van der Waals surface area contributed by atoms with Crippen molar-refractivity contribution >= 4 is 17.7 Å². The molecule has 0 radical (unpaired) electrons. The fourth-order valence-electron chi connectivity index (χ4n) is 2.37. The van der Waals surface area contributed by atoms with Crippen LogP contribution in [0.1, 0.15) is 40.0 Å². The molecule has 0 saturated carbocycles. The summed E-state index contributed by atoms with van der Waals surface area (Å²) in [5.74, 6) is -0.415. The van der Waals surface area contributed by atoms with Gasteiger partial charge in [0.15, 0.2) is 0 Å². The number of carbonyl (C=O) groups excluding carboxylic acids is 3. The smallest absolute Gasteiger partial charge is 0.247 e.